The number of methoxy groups -OCH3 is 1. The Labute approximate surface area is 188 Å². The van der Waals surface area contributed by atoms with E-state index in [1.807, 2.05) is 12.4 Å². The van der Waals surface area contributed by atoms with Crippen molar-refractivity contribution >= 4 is 28.2 Å². The molecule has 1 aliphatic heterocycles. The van der Waals surface area contributed by atoms with Crippen molar-refractivity contribution in [3.05, 3.63) is 36.2 Å². The van der Waals surface area contributed by atoms with Gasteiger partial charge in [-0.1, -0.05) is 0 Å². The number of rotatable bonds is 5. The summed E-state index contributed by atoms with van der Waals surface area (Å²) in [6, 6.07) is 2.89. The lowest BCUT2D eigenvalue weighted by Crippen LogP contribution is -2.27. The van der Waals surface area contributed by atoms with Gasteiger partial charge in [0.1, 0.15) is 0 Å². The molecule has 4 heterocycles. The van der Waals surface area contributed by atoms with E-state index in [9.17, 15) is 9.50 Å². The number of fused-ring (bicyclic) bond motifs is 4. The number of benzene rings is 1. The number of nitrogens with zero attached hydrogens (tertiary/aromatic N) is 7. The van der Waals surface area contributed by atoms with Gasteiger partial charge in [-0.2, -0.15) is 9.61 Å². The van der Waals surface area contributed by atoms with Gasteiger partial charge in [0, 0.05) is 30.7 Å². The van der Waals surface area contributed by atoms with Gasteiger partial charge in [-0.15, -0.1) is 5.10 Å². The second kappa shape index (κ2) is 6.53. The molecule has 0 bridgehead atoms. The summed E-state index contributed by atoms with van der Waals surface area (Å²) in [4.78, 5) is 11.5. The summed E-state index contributed by atoms with van der Waals surface area (Å²) in [6.07, 6.45) is 4.78. The molecule has 4 aromatic rings. The van der Waals surface area contributed by atoms with E-state index in [-0.39, 0.29) is 17.1 Å². The third-order valence-corrected chi connectivity index (χ3v) is 6.69. The van der Waals surface area contributed by atoms with E-state index in [0.717, 1.165) is 25.2 Å². The molecule has 1 saturated heterocycles. The Balaban J connectivity index is 1.34. The van der Waals surface area contributed by atoms with Crippen LogP contribution >= 0.6 is 0 Å². The van der Waals surface area contributed by atoms with Crippen molar-refractivity contribution in [1.29, 1.82) is 0 Å². The number of aliphatic hydroxyl groups is 1. The Bertz CT molecular complexity index is 1410. The Morgan fingerprint density at radius 3 is 2.91 bits per heavy atom. The standard InChI is InChI=1S/C22H25FN8O2/c1-21(2,32)10-30-9-13(7-25-30)29-8-12-6-22(12,11-29)19-27-18-14-4-15(23)17(33-3)5-16(14)26-20(24)31(18)28-19/h4-5,7,9,12,32H,6,8,10-11H2,1-3H3,(H2,24,26)/t12-,22-/m1/s1. The van der Waals surface area contributed by atoms with Crippen molar-refractivity contribution < 1.29 is 14.2 Å². The molecular weight excluding hydrogens is 427 g/mol. The minimum absolute atomic E-state index is 0.107. The summed E-state index contributed by atoms with van der Waals surface area (Å²) >= 11 is 0. The van der Waals surface area contributed by atoms with Crippen molar-refractivity contribution in [2.75, 3.05) is 30.8 Å². The normalized spacial score (nSPS) is 22.3. The highest BCUT2D eigenvalue weighted by Crippen LogP contribution is 2.58. The van der Waals surface area contributed by atoms with Crippen LogP contribution in [0.25, 0.3) is 16.6 Å². The number of nitrogens with two attached hydrogens (primary N) is 1. The first-order valence-electron chi connectivity index (χ1n) is 10.9. The minimum Gasteiger partial charge on any atom is -0.494 e. The van der Waals surface area contributed by atoms with Gasteiger partial charge in [0.25, 0.3) is 0 Å². The quantitative estimate of drug-likeness (QED) is 0.470. The topological polar surface area (TPSA) is 120 Å². The van der Waals surface area contributed by atoms with Gasteiger partial charge in [0.05, 0.1) is 42.1 Å². The molecule has 3 N–H and O–H groups in total. The van der Waals surface area contributed by atoms with Crippen molar-refractivity contribution in [3.8, 4) is 5.75 Å². The number of piperidine rings is 1. The number of hydrogen-bond donors (Lipinski definition) is 2. The second-order valence-electron chi connectivity index (χ2n) is 9.79. The maximum absolute atomic E-state index is 14.4. The van der Waals surface area contributed by atoms with E-state index in [2.05, 4.69) is 15.0 Å². The lowest BCUT2D eigenvalue weighted by atomic mass is 10.1. The predicted octanol–water partition coefficient (Wildman–Crippen LogP) is 1.75. The summed E-state index contributed by atoms with van der Waals surface area (Å²) in [6.45, 7) is 5.58. The number of anilines is 2. The van der Waals surface area contributed by atoms with E-state index >= 15 is 0 Å². The van der Waals surface area contributed by atoms with Gasteiger partial charge >= 0.3 is 0 Å². The van der Waals surface area contributed by atoms with Crippen molar-refractivity contribution in [1.82, 2.24) is 29.4 Å². The molecule has 172 valence electrons. The van der Waals surface area contributed by atoms with Crippen LogP contribution in [0.4, 0.5) is 16.0 Å². The minimum atomic E-state index is -0.835. The molecule has 2 fully saturated rings. The summed E-state index contributed by atoms with van der Waals surface area (Å²) in [7, 11) is 1.41. The molecular formula is C22H25FN8O2. The average molecular weight is 452 g/mol. The number of aromatic nitrogens is 6. The summed E-state index contributed by atoms with van der Waals surface area (Å²) in [5.41, 5.74) is 7.17. The van der Waals surface area contributed by atoms with Gasteiger partial charge < -0.3 is 20.5 Å². The zero-order chi connectivity index (χ0) is 23.1. The molecule has 10 nitrogen and oxygen atoms in total. The van der Waals surface area contributed by atoms with Crippen LogP contribution in [-0.4, -0.2) is 60.3 Å². The van der Waals surface area contributed by atoms with Gasteiger partial charge in [-0.25, -0.2) is 14.4 Å². The SMILES string of the molecule is COc1cc2nc(N)n3nc([C@@]45C[C@@H]4CN(c4cnn(CC(C)(C)O)c4)C5)nc3c2cc1F. The van der Waals surface area contributed by atoms with Crippen LogP contribution in [0.15, 0.2) is 24.5 Å². The molecule has 33 heavy (non-hydrogen) atoms. The number of halogens is 1. The zero-order valence-corrected chi connectivity index (χ0v) is 18.7. The Hall–Kier alpha value is -3.47. The van der Waals surface area contributed by atoms with Gasteiger partial charge in [0.15, 0.2) is 23.0 Å². The summed E-state index contributed by atoms with van der Waals surface area (Å²) < 4.78 is 22.7. The smallest absolute Gasteiger partial charge is 0.223 e. The molecule has 1 aromatic carbocycles. The first-order chi connectivity index (χ1) is 15.7. The molecule has 0 amide bonds. The maximum Gasteiger partial charge on any atom is 0.223 e. The zero-order valence-electron chi connectivity index (χ0n) is 18.7. The third kappa shape index (κ3) is 3.10. The first-order valence-corrected chi connectivity index (χ1v) is 10.9. The molecule has 0 spiro atoms. The van der Waals surface area contributed by atoms with E-state index in [4.69, 9.17) is 20.6 Å². The van der Waals surface area contributed by atoms with Crippen LogP contribution < -0.4 is 15.4 Å². The molecule has 6 rings (SSSR count). The Kier molecular flexibility index (Phi) is 3.99. The van der Waals surface area contributed by atoms with Gasteiger partial charge in [0.2, 0.25) is 5.95 Å². The molecule has 2 aliphatic rings. The maximum atomic E-state index is 14.4. The monoisotopic (exact) mass is 452 g/mol. The van der Waals surface area contributed by atoms with Crippen molar-refractivity contribution in [2.45, 2.75) is 37.8 Å². The fourth-order valence-corrected chi connectivity index (χ4v) is 5.02. The fraction of sp³-hybridized carbons (Fsp3) is 0.455. The Morgan fingerprint density at radius 1 is 1.33 bits per heavy atom. The van der Waals surface area contributed by atoms with Crippen LogP contribution in [0.5, 0.6) is 5.75 Å². The van der Waals surface area contributed by atoms with E-state index in [0.29, 0.717) is 34.8 Å². The lowest BCUT2D eigenvalue weighted by Gasteiger charge is -2.20. The predicted molar refractivity (Wildman–Crippen MR) is 120 cm³/mol. The van der Waals surface area contributed by atoms with E-state index in [1.165, 1.54) is 23.8 Å². The van der Waals surface area contributed by atoms with Crippen LogP contribution in [0.2, 0.25) is 0 Å². The molecule has 1 saturated carbocycles. The highest BCUT2D eigenvalue weighted by molar-refractivity contribution is 5.93. The molecule has 1 aliphatic carbocycles. The van der Waals surface area contributed by atoms with Gasteiger partial charge in [-0.3, -0.25) is 4.68 Å². The van der Waals surface area contributed by atoms with E-state index in [1.54, 1.807) is 18.5 Å². The molecule has 2 atom stereocenters. The number of nitrogen functional groups attached to an aromatic ring is 1. The average Bonchev–Trinajstić information content (AvgIpc) is 3.16. The molecule has 11 heteroatoms. The van der Waals surface area contributed by atoms with Gasteiger partial charge in [-0.05, 0) is 32.3 Å². The lowest BCUT2D eigenvalue weighted by molar-refractivity contribution is 0.0577. The highest BCUT2D eigenvalue weighted by atomic mass is 19.1. The summed E-state index contributed by atoms with van der Waals surface area (Å²) in [5.74, 6) is 0.943. The second-order valence-corrected chi connectivity index (χ2v) is 9.79. The molecule has 3 aromatic heterocycles. The van der Waals surface area contributed by atoms with Crippen LogP contribution in [-0.2, 0) is 12.0 Å². The summed E-state index contributed by atoms with van der Waals surface area (Å²) in [5, 5.41) is 19.7. The van der Waals surface area contributed by atoms with Crippen molar-refractivity contribution in [3.63, 3.8) is 0 Å². The Morgan fingerprint density at radius 2 is 2.15 bits per heavy atom. The number of ether oxygens (including phenoxy) is 1. The molecule has 0 radical (unpaired) electrons. The fourth-order valence-electron chi connectivity index (χ4n) is 5.02. The van der Waals surface area contributed by atoms with Crippen LogP contribution in [0.1, 0.15) is 26.1 Å². The number of hydrogen-bond acceptors (Lipinski definition) is 8. The van der Waals surface area contributed by atoms with E-state index < -0.39 is 11.4 Å². The highest BCUT2D eigenvalue weighted by Gasteiger charge is 2.63. The first kappa shape index (κ1) is 20.2. The van der Waals surface area contributed by atoms with Crippen molar-refractivity contribution in [2.24, 2.45) is 5.92 Å². The molecule has 0 unspecified atom stereocenters. The van der Waals surface area contributed by atoms with Crippen LogP contribution in [0.3, 0.4) is 0 Å². The third-order valence-electron chi connectivity index (χ3n) is 6.69. The largest absolute Gasteiger partial charge is 0.494 e. The van der Waals surface area contributed by atoms with Crippen LogP contribution in [0, 0.1) is 11.7 Å².